The van der Waals surface area contributed by atoms with Gasteiger partial charge in [-0.1, -0.05) is 5.16 Å². The van der Waals surface area contributed by atoms with E-state index in [1.165, 1.54) is 23.2 Å². The Morgan fingerprint density at radius 3 is 2.87 bits per heavy atom. The first-order valence-corrected chi connectivity index (χ1v) is 10.5. The number of carbonyl (C=O) groups is 4. The first kappa shape index (κ1) is 21.6. The van der Waals surface area contributed by atoms with Crippen molar-refractivity contribution in [1.29, 1.82) is 0 Å². The molecule has 2 atom stereocenters. The third kappa shape index (κ3) is 4.38. The minimum atomic E-state index is -1.22. The average molecular weight is 455 g/mol. The molecule has 2 aliphatic heterocycles. The van der Waals surface area contributed by atoms with Crippen LogP contribution in [0.4, 0.5) is 5.13 Å². The van der Waals surface area contributed by atoms with Gasteiger partial charge in [0.1, 0.15) is 22.8 Å². The number of nitrogen functional groups attached to an aromatic ring is 1. The van der Waals surface area contributed by atoms with Gasteiger partial charge in [-0.2, -0.15) is 0 Å². The zero-order chi connectivity index (χ0) is 21.8. The van der Waals surface area contributed by atoms with E-state index in [0.29, 0.717) is 5.75 Å². The van der Waals surface area contributed by atoms with Gasteiger partial charge in [0.15, 0.2) is 10.8 Å². The molecule has 2 aliphatic rings. The lowest BCUT2D eigenvalue weighted by atomic mass is 10.0. The molecule has 3 heterocycles. The van der Waals surface area contributed by atoms with Gasteiger partial charge in [0.2, 0.25) is 6.61 Å². The van der Waals surface area contributed by atoms with Crippen LogP contribution < -0.4 is 11.1 Å². The van der Waals surface area contributed by atoms with Crippen LogP contribution in [0.25, 0.3) is 0 Å². The van der Waals surface area contributed by atoms with Gasteiger partial charge in [0.25, 0.3) is 11.8 Å². The highest BCUT2D eigenvalue weighted by Crippen LogP contribution is 2.37. The Kier molecular flexibility index (Phi) is 6.56. The number of carbonyl (C=O) groups excluding carboxylic acids is 3. The number of thiazole rings is 1. The molecule has 0 spiro atoms. The zero-order valence-electron chi connectivity index (χ0n) is 15.6. The number of nitrogens with zero attached hydrogens (tertiary/aromatic N) is 3. The Bertz CT molecular complexity index is 944. The summed E-state index contributed by atoms with van der Waals surface area (Å²) >= 11 is 2.38. The first-order valence-electron chi connectivity index (χ1n) is 8.59. The monoisotopic (exact) mass is 455 g/mol. The number of oxime groups is 1. The molecule has 4 N–H and O–H groups in total. The van der Waals surface area contributed by atoms with Gasteiger partial charge in [-0.3, -0.25) is 14.5 Å². The summed E-state index contributed by atoms with van der Waals surface area (Å²) in [5.74, 6) is -2.84. The second-order valence-electron chi connectivity index (χ2n) is 5.87. The molecular formula is C16H17N5O7S2. The number of nitrogens with one attached hydrogen (secondary N) is 1. The number of fused-ring (bicyclic) bond motifs is 1. The SMILES string of the molecule is CCOC(=O)CO/N=C(/C(=O)NC1C(=O)N2C(C(=O)O)=CCS[C@H]12)c1csc(N)n1. The molecule has 1 saturated heterocycles. The van der Waals surface area contributed by atoms with E-state index in [1.54, 1.807) is 6.92 Å². The number of rotatable bonds is 8. The van der Waals surface area contributed by atoms with E-state index in [0.717, 1.165) is 16.2 Å². The van der Waals surface area contributed by atoms with E-state index in [2.05, 4.69) is 15.5 Å². The van der Waals surface area contributed by atoms with E-state index in [9.17, 15) is 24.3 Å². The number of esters is 1. The first-order chi connectivity index (χ1) is 14.3. The van der Waals surface area contributed by atoms with E-state index < -0.39 is 41.8 Å². The van der Waals surface area contributed by atoms with Gasteiger partial charge in [-0.25, -0.2) is 14.6 Å². The standard InChI is InChI=1S/C16H17N5O7S2/c1-2-27-9(22)5-28-20-10(7-6-30-16(17)18-7)12(23)19-11-13(24)21-8(15(25)26)3-4-29-14(11)21/h3,6,11,14H,2,4-5H2,1H3,(H2,17,18)(H,19,23)(H,25,26)/b20-10+/t11?,14-/m1/s1. The number of aliphatic carboxylic acids is 1. The summed E-state index contributed by atoms with van der Waals surface area (Å²) in [6.45, 7) is 1.27. The highest BCUT2D eigenvalue weighted by atomic mass is 32.2. The predicted molar refractivity (Wildman–Crippen MR) is 106 cm³/mol. The Balaban J connectivity index is 1.73. The largest absolute Gasteiger partial charge is 0.477 e. The van der Waals surface area contributed by atoms with Crippen LogP contribution in [0.2, 0.25) is 0 Å². The molecule has 160 valence electrons. The minimum absolute atomic E-state index is 0.102. The summed E-state index contributed by atoms with van der Waals surface area (Å²) in [5.41, 5.74) is 5.30. The molecule has 14 heteroatoms. The second kappa shape index (κ2) is 9.13. The molecule has 0 aliphatic carbocycles. The summed E-state index contributed by atoms with van der Waals surface area (Å²) in [5, 5.41) is 16.5. The van der Waals surface area contributed by atoms with Crippen molar-refractivity contribution in [2.24, 2.45) is 5.16 Å². The Morgan fingerprint density at radius 2 is 2.23 bits per heavy atom. The number of thioether (sulfide) groups is 1. The third-order valence-electron chi connectivity index (χ3n) is 3.98. The van der Waals surface area contributed by atoms with Gasteiger partial charge in [0, 0.05) is 11.1 Å². The van der Waals surface area contributed by atoms with Crippen LogP contribution in [0, 0.1) is 0 Å². The number of anilines is 1. The fourth-order valence-corrected chi connectivity index (χ4v) is 4.44. The Hall–Kier alpha value is -3.13. The van der Waals surface area contributed by atoms with Crippen LogP contribution in [-0.2, 0) is 28.8 Å². The molecule has 1 fully saturated rings. The Labute approximate surface area is 178 Å². The lowest BCUT2D eigenvalue weighted by molar-refractivity contribution is -0.150. The zero-order valence-corrected chi connectivity index (χ0v) is 17.2. The van der Waals surface area contributed by atoms with Crippen molar-refractivity contribution in [3.8, 4) is 0 Å². The predicted octanol–water partition coefficient (Wildman–Crippen LogP) is -0.622. The highest BCUT2D eigenvalue weighted by Gasteiger charge is 2.53. The van der Waals surface area contributed by atoms with E-state index in [-0.39, 0.29) is 28.8 Å². The highest BCUT2D eigenvalue weighted by molar-refractivity contribution is 8.00. The van der Waals surface area contributed by atoms with Crippen molar-refractivity contribution in [2.45, 2.75) is 18.3 Å². The average Bonchev–Trinajstić information content (AvgIpc) is 3.14. The number of ether oxygens (including phenoxy) is 1. The number of hydrogen-bond acceptors (Lipinski definition) is 11. The topological polar surface area (TPSA) is 174 Å². The maximum absolute atomic E-state index is 12.8. The normalized spacial score (nSPS) is 20.6. The summed E-state index contributed by atoms with van der Waals surface area (Å²) in [7, 11) is 0. The quantitative estimate of drug-likeness (QED) is 0.198. The summed E-state index contributed by atoms with van der Waals surface area (Å²) in [4.78, 5) is 57.9. The van der Waals surface area contributed by atoms with Gasteiger partial charge in [-0.15, -0.1) is 23.1 Å². The number of hydrogen-bond donors (Lipinski definition) is 3. The smallest absolute Gasteiger partial charge is 0.352 e. The molecule has 0 radical (unpaired) electrons. The molecule has 1 unspecified atom stereocenters. The molecule has 3 rings (SSSR count). The van der Waals surface area contributed by atoms with Crippen LogP contribution in [-0.4, -0.2) is 74.8 Å². The van der Waals surface area contributed by atoms with Crippen molar-refractivity contribution in [2.75, 3.05) is 24.7 Å². The number of nitrogens with two attached hydrogens (primary N) is 1. The van der Waals surface area contributed by atoms with Gasteiger partial charge in [0.05, 0.1) is 6.61 Å². The van der Waals surface area contributed by atoms with Crippen molar-refractivity contribution in [1.82, 2.24) is 15.2 Å². The number of carboxylic acids is 1. The Morgan fingerprint density at radius 1 is 1.47 bits per heavy atom. The lowest BCUT2D eigenvalue weighted by Crippen LogP contribution is -2.70. The van der Waals surface area contributed by atoms with Gasteiger partial charge < -0.3 is 25.7 Å². The van der Waals surface area contributed by atoms with Crippen LogP contribution in [0.1, 0.15) is 12.6 Å². The lowest BCUT2D eigenvalue weighted by Gasteiger charge is -2.48. The number of β-lactam (4-membered cyclic amide) rings is 1. The third-order valence-corrected chi connectivity index (χ3v) is 5.83. The molecule has 30 heavy (non-hydrogen) atoms. The molecule has 2 amide bonds. The number of amides is 2. The molecule has 12 nitrogen and oxygen atoms in total. The van der Waals surface area contributed by atoms with Crippen LogP contribution in [0.15, 0.2) is 22.3 Å². The van der Waals surface area contributed by atoms with Crippen LogP contribution in [0.5, 0.6) is 0 Å². The molecule has 0 aromatic carbocycles. The molecule has 0 saturated carbocycles. The minimum Gasteiger partial charge on any atom is -0.477 e. The van der Waals surface area contributed by atoms with Crippen molar-refractivity contribution >= 4 is 57.7 Å². The number of carboxylic acid groups (broad SMARTS) is 1. The molecular weight excluding hydrogens is 438 g/mol. The second-order valence-corrected chi connectivity index (χ2v) is 7.91. The van der Waals surface area contributed by atoms with E-state index >= 15 is 0 Å². The maximum atomic E-state index is 12.8. The fourth-order valence-electron chi connectivity index (χ4n) is 2.70. The van der Waals surface area contributed by atoms with Gasteiger partial charge >= 0.3 is 11.9 Å². The summed E-state index contributed by atoms with van der Waals surface area (Å²) in [6, 6.07) is -0.947. The van der Waals surface area contributed by atoms with Crippen molar-refractivity contribution in [3.63, 3.8) is 0 Å². The van der Waals surface area contributed by atoms with Crippen LogP contribution >= 0.6 is 23.1 Å². The molecule has 0 bridgehead atoms. The van der Waals surface area contributed by atoms with E-state index in [4.69, 9.17) is 15.3 Å². The summed E-state index contributed by atoms with van der Waals surface area (Å²) < 4.78 is 4.71. The summed E-state index contributed by atoms with van der Waals surface area (Å²) in [6.07, 6.45) is 1.44. The molecule has 1 aromatic heterocycles. The van der Waals surface area contributed by atoms with Crippen molar-refractivity contribution < 1.29 is 33.9 Å². The van der Waals surface area contributed by atoms with E-state index in [1.807, 2.05) is 0 Å². The van der Waals surface area contributed by atoms with Gasteiger partial charge in [-0.05, 0) is 13.0 Å². The van der Waals surface area contributed by atoms with Crippen LogP contribution in [0.3, 0.4) is 0 Å². The maximum Gasteiger partial charge on any atom is 0.352 e. The number of aromatic nitrogens is 1. The fraction of sp³-hybridized carbons (Fsp3) is 0.375. The molecule has 1 aromatic rings. The van der Waals surface area contributed by atoms with Crippen molar-refractivity contribution in [3.05, 3.63) is 22.8 Å².